The molecule has 0 fully saturated rings. The first-order valence-electron chi connectivity index (χ1n) is 4.63. The zero-order valence-corrected chi connectivity index (χ0v) is 8.83. The molecule has 0 amide bonds. The minimum atomic E-state index is 0.833. The predicted molar refractivity (Wildman–Crippen MR) is 58.4 cm³/mol. The number of nitriles is 1. The van der Waals surface area contributed by atoms with E-state index in [1.54, 1.807) is 0 Å². The standard InChI is InChI=1S/C7H6N2.2C2H6/c8-6-9-7-4-2-1-3-5-7;2*1-2/h1-5,9H;2*1-2H3. The Morgan fingerprint density at radius 2 is 1.46 bits per heavy atom. The average molecular weight is 178 g/mol. The van der Waals surface area contributed by atoms with E-state index in [1.165, 1.54) is 0 Å². The van der Waals surface area contributed by atoms with Crippen LogP contribution >= 0.6 is 0 Å². The number of rotatable bonds is 1. The fourth-order valence-electron chi connectivity index (χ4n) is 0.586. The van der Waals surface area contributed by atoms with Crippen LogP contribution in [0.1, 0.15) is 27.7 Å². The zero-order chi connectivity index (χ0) is 10.5. The van der Waals surface area contributed by atoms with E-state index in [1.807, 2.05) is 64.2 Å². The van der Waals surface area contributed by atoms with Gasteiger partial charge in [0.1, 0.15) is 0 Å². The molecule has 0 aromatic heterocycles. The summed E-state index contributed by atoms with van der Waals surface area (Å²) in [7, 11) is 0. The molecule has 0 saturated carbocycles. The number of anilines is 1. The summed E-state index contributed by atoms with van der Waals surface area (Å²) in [5.41, 5.74) is 0.833. The van der Waals surface area contributed by atoms with Crippen molar-refractivity contribution < 1.29 is 0 Å². The van der Waals surface area contributed by atoms with E-state index in [2.05, 4.69) is 5.32 Å². The Labute approximate surface area is 81.2 Å². The van der Waals surface area contributed by atoms with Gasteiger partial charge in [-0.3, -0.25) is 5.32 Å². The summed E-state index contributed by atoms with van der Waals surface area (Å²) in [6, 6.07) is 9.33. The van der Waals surface area contributed by atoms with E-state index >= 15 is 0 Å². The third-order valence-electron chi connectivity index (χ3n) is 0.974. The van der Waals surface area contributed by atoms with Gasteiger partial charge in [0.25, 0.3) is 0 Å². The minimum Gasteiger partial charge on any atom is -0.293 e. The van der Waals surface area contributed by atoms with Crippen molar-refractivity contribution in [2.24, 2.45) is 0 Å². The molecular formula is C11H18N2. The second kappa shape index (κ2) is 13.1. The molecule has 72 valence electrons. The highest BCUT2D eigenvalue weighted by atomic mass is 14.9. The van der Waals surface area contributed by atoms with Gasteiger partial charge in [-0.2, -0.15) is 5.26 Å². The van der Waals surface area contributed by atoms with Crippen molar-refractivity contribution in [3.05, 3.63) is 30.3 Å². The second-order valence-corrected chi connectivity index (χ2v) is 1.60. The first-order chi connectivity index (χ1) is 6.43. The average Bonchev–Trinajstić information content (AvgIpc) is 2.26. The molecule has 0 unspecified atom stereocenters. The first-order valence-corrected chi connectivity index (χ1v) is 4.63. The monoisotopic (exact) mass is 178 g/mol. The molecule has 0 atom stereocenters. The maximum Gasteiger partial charge on any atom is 0.181 e. The number of hydrogen-bond donors (Lipinski definition) is 1. The van der Waals surface area contributed by atoms with Crippen molar-refractivity contribution in [3.63, 3.8) is 0 Å². The van der Waals surface area contributed by atoms with E-state index in [0.29, 0.717) is 0 Å². The van der Waals surface area contributed by atoms with E-state index in [9.17, 15) is 0 Å². The largest absolute Gasteiger partial charge is 0.293 e. The second-order valence-electron chi connectivity index (χ2n) is 1.60. The van der Waals surface area contributed by atoms with Crippen LogP contribution in [0.5, 0.6) is 0 Å². The van der Waals surface area contributed by atoms with E-state index in [4.69, 9.17) is 5.26 Å². The molecule has 13 heavy (non-hydrogen) atoms. The van der Waals surface area contributed by atoms with Crippen LogP contribution in [0.4, 0.5) is 5.69 Å². The van der Waals surface area contributed by atoms with Crippen LogP contribution in [-0.2, 0) is 0 Å². The molecular weight excluding hydrogens is 160 g/mol. The maximum absolute atomic E-state index is 8.16. The maximum atomic E-state index is 8.16. The number of hydrogen-bond acceptors (Lipinski definition) is 2. The van der Waals surface area contributed by atoms with Crippen LogP contribution in [0.3, 0.4) is 0 Å². The highest BCUT2D eigenvalue weighted by Gasteiger charge is 1.81. The molecule has 0 spiro atoms. The molecule has 1 rings (SSSR count). The summed E-state index contributed by atoms with van der Waals surface area (Å²) >= 11 is 0. The van der Waals surface area contributed by atoms with Crippen molar-refractivity contribution in [1.29, 1.82) is 5.26 Å². The third kappa shape index (κ3) is 8.42. The zero-order valence-electron chi connectivity index (χ0n) is 8.83. The van der Waals surface area contributed by atoms with E-state index in [0.717, 1.165) is 5.69 Å². The Kier molecular flexibility index (Phi) is 14.2. The summed E-state index contributed by atoms with van der Waals surface area (Å²) in [4.78, 5) is 0. The van der Waals surface area contributed by atoms with Crippen molar-refractivity contribution in [2.75, 3.05) is 5.32 Å². The van der Waals surface area contributed by atoms with Crippen molar-refractivity contribution in [2.45, 2.75) is 27.7 Å². The fourth-order valence-corrected chi connectivity index (χ4v) is 0.586. The highest BCUT2D eigenvalue weighted by molar-refractivity contribution is 5.45. The van der Waals surface area contributed by atoms with Gasteiger partial charge in [-0.05, 0) is 12.1 Å². The smallest absolute Gasteiger partial charge is 0.181 e. The Balaban J connectivity index is 0. The third-order valence-corrected chi connectivity index (χ3v) is 0.974. The number of nitrogens with zero attached hydrogens (tertiary/aromatic N) is 1. The lowest BCUT2D eigenvalue weighted by atomic mass is 10.3. The summed E-state index contributed by atoms with van der Waals surface area (Å²) < 4.78 is 0. The quantitative estimate of drug-likeness (QED) is 0.526. The molecule has 1 aromatic carbocycles. The Hall–Kier alpha value is -1.49. The van der Waals surface area contributed by atoms with Crippen LogP contribution in [0.25, 0.3) is 0 Å². The lowest BCUT2D eigenvalue weighted by Gasteiger charge is -1.91. The molecule has 0 bridgehead atoms. The van der Waals surface area contributed by atoms with Crippen molar-refractivity contribution >= 4 is 5.69 Å². The Morgan fingerprint density at radius 3 is 1.85 bits per heavy atom. The van der Waals surface area contributed by atoms with Crippen LogP contribution in [0.15, 0.2) is 30.3 Å². The van der Waals surface area contributed by atoms with Crippen molar-refractivity contribution in [1.82, 2.24) is 0 Å². The van der Waals surface area contributed by atoms with Gasteiger partial charge in [0.05, 0.1) is 0 Å². The molecule has 2 heteroatoms. The normalized spacial score (nSPS) is 6.38. The predicted octanol–water partition coefficient (Wildman–Crippen LogP) is 3.63. The van der Waals surface area contributed by atoms with Crippen LogP contribution < -0.4 is 5.32 Å². The fraction of sp³-hybridized carbons (Fsp3) is 0.364. The molecule has 0 saturated heterocycles. The number of benzene rings is 1. The molecule has 0 aliphatic heterocycles. The van der Waals surface area contributed by atoms with Gasteiger partial charge in [0.2, 0.25) is 0 Å². The number of nitrogens with one attached hydrogen (secondary N) is 1. The highest BCUT2D eigenvalue weighted by Crippen LogP contribution is 2.02. The molecule has 1 aromatic rings. The van der Waals surface area contributed by atoms with Gasteiger partial charge < -0.3 is 0 Å². The molecule has 0 heterocycles. The van der Waals surface area contributed by atoms with Gasteiger partial charge in [0.15, 0.2) is 6.19 Å². The van der Waals surface area contributed by atoms with Gasteiger partial charge in [-0.25, -0.2) is 0 Å². The SMILES string of the molecule is CC.CC.N#CNc1ccccc1. The Morgan fingerprint density at radius 1 is 1.00 bits per heavy atom. The Bertz CT molecular complexity index is 211. The minimum absolute atomic E-state index is 0.833. The molecule has 0 aliphatic rings. The van der Waals surface area contributed by atoms with E-state index < -0.39 is 0 Å². The van der Waals surface area contributed by atoms with Crippen molar-refractivity contribution in [3.8, 4) is 6.19 Å². The summed E-state index contributed by atoms with van der Waals surface area (Å²) in [6.45, 7) is 8.00. The van der Waals surface area contributed by atoms with Gasteiger partial charge >= 0.3 is 0 Å². The lowest BCUT2D eigenvalue weighted by Crippen LogP contribution is -1.83. The van der Waals surface area contributed by atoms with Gasteiger partial charge in [-0.15, -0.1) is 0 Å². The van der Waals surface area contributed by atoms with Crippen LogP contribution in [0.2, 0.25) is 0 Å². The molecule has 0 aliphatic carbocycles. The van der Waals surface area contributed by atoms with Crippen LogP contribution in [0, 0.1) is 11.5 Å². The molecule has 2 nitrogen and oxygen atoms in total. The van der Waals surface area contributed by atoms with Crippen LogP contribution in [-0.4, -0.2) is 0 Å². The molecule has 1 N–H and O–H groups in total. The lowest BCUT2D eigenvalue weighted by molar-refractivity contribution is 1.47. The van der Waals surface area contributed by atoms with Gasteiger partial charge in [0, 0.05) is 5.69 Å². The molecule has 0 radical (unpaired) electrons. The van der Waals surface area contributed by atoms with Gasteiger partial charge in [-0.1, -0.05) is 45.9 Å². The van der Waals surface area contributed by atoms with E-state index in [-0.39, 0.29) is 0 Å². The summed E-state index contributed by atoms with van der Waals surface area (Å²) in [5.74, 6) is 0. The number of para-hydroxylation sites is 1. The first kappa shape index (κ1) is 14.1. The topological polar surface area (TPSA) is 35.8 Å². The summed E-state index contributed by atoms with van der Waals surface area (Å²) in [5, 5.41) is 10.7. The summed E-state index contributed by atoms with van der Waals surface area (Å²) in [6.07, 6.45) is 1.83.